The first-order chi connectivity index (χ1) is 13.0. The van der Waals surface area contributed by atoms with Crippen LogP contribution in [0, 0.1) is 0 Å². The average Bonchev–Trinajstić information content (AvgIpc) is 2.67. The van der Waals surface area contributed by atoms with Gasteiger partial charge in [-0.25, -0.2) is 0 Å². The van der Waals surface area contributed by atoms with Crippen LogP contribution in [-0.4, -0.2) is 12.8 Å². The zero-order chi connectivity index (χ0) is 19.5. The minimum Gasteiger partial charge on any atom is -0.286 e. The molecule has 1 aromatic carbocycles. The summed E-state index contributed by atoms with van der Waals surface area (Å²) in [5, 5.41) is 0. The number of allylic oxidation sites excluding steroid dienone is 4. The molecule has 0 N–H and O–H groups in total. The first-order valence-corrected chi connectivity index (χ1v) is 9.48. The van der Waals surface area contributed by atoms with Gasteiger partial charge in [0.1, 0.15) is 6.54 Å². The summed E-state index contributed by atoms with van der Waals surface area (Å²) in [6, 6.07) is 15.2. The second-order valence-corrected chi connectivity index (χ2v) is 7.76. The fourth-order valence-corrected chi connectivity index (χ4v) is 4.50. The smallest absolute Gasteiger partial charge is 0.213 e. The molecule has 0 amide bonds. The van der Waals surface area contributed by atoms with Gasteiger partial charge in [-0.15, -0.1) is 0 Å². The van der Waals surface area contributed by atoms with Gasteiger partial charge in [0, 0.05) is 25.3 Å². The first kappa shape index (κ1) is 19.0. The summed E-state index contributed by atoms with van der Waals surface area (Å²) in [6.07, 6.45) is 10.7. The van der Waals surface area contributed by atoms with Crippen molar-refractivity contribution in [3.63, 3.8) is 0 Å². The first-order valence-electron chi connectivity index (χ1n) is 9.48. The minimum atomic E-state index is -0.215. The van der Waals surface area contributed by atoms with Crippen LogP contribution in [0.1, 0.15) is 32.8 Å². The zero-order valence-corrected chi connectivity index (χ0v) is 16.7. The van der Waals surface area contributed by atoms with Crippen molar-refractivity contribution in [2.75, 3.05) is 6.54 Å². The van der Waals surface area contributed by atoms with E-state index in [-0.39, 0.29) is 11.0 Å². The number of benzene rings is 1. The molecule has 2 nitrogen and oxygen atoms in total. The van der Waals surface area contributed by atoms with Crippen molar-refractivity contribution in [3.8, 4) is 11.3 Å². The number of hydrogen-bond donors (Lipinski definition) is 0. The van der Waals surface area contributed by atoms with E-state index in [0.29, 0.717) is 6.54 Å². The van der Waals surface area contributed by atoms with Crippen molar-refractivity contribution in [3.05, 3.63) is 91.2 Å². The normalized spacial score (nSPS) is 24.3. The van der Waals surface area contributed by atoms with Crippen LogP contribution >= 0.6 is 0 Å². The van der Waals surface area contributed by atoms with E-state index in [1.54, 1.807) is 6.08 Å². The molecule has 0 spiro atoms. The molecule has 2 atom stereocenters. The van der Waals surface area contributed by atoms with Gasteiger partial charge < -0.3 is 0 Å². The van der Waals surface area contributed by atoms with Gasteiger partial charge in [-0.1, -0.05) is 55.2 Å². The van der Waals surface area contributed by atoms with Gasteiger partial charge in [0.05, 0.1) is 11.0 Å². The second kappa shape index (κ2) is 7.48. The van der Waals surface area contributed by atoms with E-state index in [4.69, 9.17) is 4.99 Å². The maximum atomic E-state index is 4.70. The van der Waals surface area contributed by atoms with E-state index in [1.807, 2.05) is 12.3 Å². The highest BCUT2D eigenvalue weighted by Crippen LogP contribution is 2.49. The summed E-state index contributed by atoms with van der Waals surface area (Å²) in [6.45, 7) is 15.2. The lowest BCUT2D eigenvalue weighted by molar-refractivity contribution is -0.761. The number of aromatic nitrogens is 1. The van der Waals surface area contributed by atoms with Crippen molar-refractivity contribution >= 4 is 6.21 Å². The van der Waals surface area contributed by atoms with E-state index in [0.717, 1.165) is 6.42 Å². The van der Waals surface area contributed by atoms with Gasteiger partial charge in [0.2, 0.25) is 5.69 Å². The molecular formula is C25H29N2+. The number of rotatable bonds is 6. The minimum absolute atomic E-state index is 0.120. The number of pyridine rings is 1. The van der Waals surface area contributed by atoms with Gasteiger partial charge in [0.25, 0.3) is 0 Å². The van der Waals surface area contributed by atoms with Gasteiger partial charge in [-0.3, -0.25) is 4.99 Å². The highest BCUT2D eigenvalue weighted by molar-refractivity contribution is 5.70. The maximum absolute atomic E-state index is 4.70. The van der Waals surface area contributed by atoms with Gasteiger partial charge in [-0.05, 0) is 38.0 Å². The Kier molecular flexibility index (Phi) is 5.27. The van der Waals surface area contributed by atoms with Gasteiger partial charge in [0.15, 0.2) is 11.7 Å². The molecule has 2 unspecified atom stereocenters. The SMILES string of the molecule is C=C/C=N/CC1(C)[n+]2ccccc2-c2ccccc2C1(C)C/C(C)=C/C=C. The number of fused-ring (bicyclic) bond motifs is 3. The number of hydrogen-bond acceptors (Lipinski definition) is 1. The van der Waals surface area contributed by atoms with Crippen molar-refractivity contribution in [2.24, 2.45) is 4.99 Å². The highest BCUT2D eigenvalue weighted by atomic mass is 15.1. The lowest BCUT2D eigenvalue weighted by atomic mass is 9.60. The largest absolute Gasteiger partial charge is 0.286 e. The molecule has 2 heterocycles. The molecule has 2 heteroatoms. The summed E-state index contributed by atoms with van der Waals surface area (Å²) in [5.74, 6) is 0. The summed E-state index contributed by atoms with van der Waals surface area (Å²) >= 11 is 0. The fraction of sp³-hybridized carbons (Fsp3) is 0.280. The third-order valence-corrected chi connectivity index (χ3v) is 6.02. The van der Waals surface area contributed by atoms with Crippen LogP contribution in [0.15, 0.2) is 90.6 Å². The highest BCUT2D eigenvalue weighted by Gasteiger charge is 2.57. The Bertz CT molecular complexity index is 921. The molecule has 27 heavy (non-hydrogen) atoms. The second-order valence-electron chi connectivity index (χ2n) is 7.76. The lowest BCUT2D eigenvalue weighted by Gasteiger charge is -2.46. The number of nitrogens with zero attached hydrogens (tertiary/aromatic N) is 2. The molecule has 0 saturated carbocycles. The maximum Gasteiger partial charge on any atom is 0.213 e. The molecule has 0 bridgehead atoms. The third kappa shape index (κ3) is 3.10. The van der Waals surface area contributed by atoms with E-state index >= 15 is 0 Å². The van der Waals surface area contributed by atoms with Crippen LogP contribution in [0.25, 0.3) is 11.3 Å². The van der Waals surface area contributed by atoms with Crippen LogP contribution in [0.4, 0.5) is 0 Å². The summed E-state index contributed by atoms with van der Waals surface area (Å²) in [7, 11) is 0. The fourth-order valence-electron chi connectivity index (χ4n) is 4.50. The average molecular weight is 358 g/mol. The Morgan fingerprint density at radius 3 is 2.56 bits per heavy atom. The summed E-state index contributed by atoms with van der Waals surface area (Å²) in [5.41, 5.74) is 4.91. The predicted octanol–water partition coefficient (Wildman–Crippen LogP) is 5.41. The molecule has 0 radical (unpaired) electrons. The molecule has 1 aliphatic heterocycles. The zero-order valence-electron chi connectivity index (χ0n) is 16.7. The van der Waals surface area contributed by atoms with Gasteiger partial charge in [-0.2, -0.15) is 4.57 Å². The Balaban J connectivity index is 2.30. The van der Waals surface area contributed by atoms with Crippen LogP contribution in [0.3, 0.4) is 0 Å². The summed E-state index contributed by atoms with van der Waals surface area (Å²) in [4.78, 5) is 4.70. The van der Waals surface area contributed by atoms with Crippen molar-refractivity contribution in [1.82, 2.24) is 0 Å². The van der Waals surface area contributed by atoms with Crippen LogP contribution in [0.2, 0.25) is 0 Å². The van der Waals surface area contributed by atoms with E-state index in [1.165, 1.54) is 22.4 Å². The predicted molar refractivity (Wildman–Crippen MR) is 115 cm³/mol. The van der Waals surface area contributed by atoms with Crippen molar-refractivity contribution in [1.29, 1.82) is 0 Å². The molecular weight excluding hydrogens is 328 g/mol. The molecule has 138 valence electrons. The molecule has 2 aromatic rings. The van der Waals surface area contributed by atoms with Gasteiger partial charge >= 0.3 is 0 Å². The van der Waals surface area contributed by atoms with Crippen LogP contribution < -0.4 is 4.57 Å². The van der Waals surface area contributed by atoms with E-state index in [2.05, 4.69) is 93.2 Å². The van der Waals surface area contributed by atoms with E-state index in [9.17, 15) is 0 Å². The lowest BCUT2D eigenvalue weighted by Crippen LogP contribution is -2.69. The van der Waals surface area contributed by atoms with Crippen molar-refractivity contribution in [2.45, 2.75) is 38.1 Å². The topological polar surface area (TPSA) is 16.2 Å². The Morgan fingerprint density at radius 2 is 1.81 bits per heavy atom. The van der Waals surface area contributed by atoms with Crippen LogP contribution in [-0.2, 0) is 11.0 Å². The quantitative estimate of drug-likeness (QED) is 0.373. The molecule has 1 aromatic heterocycles. The monoisotopic (exact) mass is 357 g/mol. The third-order valence-electron chi connectivity index (χ3n) is 6.02. The van der Waals surface area contributed by atoms with E-state index < -0.39 is 0 Å². The molecule has 0 aliphatic carbocycles. The molecule has 1 aliphatic rings. The standard InChI is InChI=1S/C25H29N2/c1-6-12-20(3)18-24(4)22-14-9-8-13-21(22)23-15-10-11-17-27(23)25(24,5)19-26-16-7-2/h6-17H,1-2,18-19H2,3-5H3/q+1/b20-12+,26-16+. The molecule has 0 fully saturated rings. The molecule has 3 rings (SSSR count). The Hall–Kier alpha value is -2.74. The van der Waals surface area contributed by atoms with Crippen LogP contribution in [0.5, 0.6) is 0 Å². The molecule has 0 saturated heterocycles. The Labute approximate surface area is 163 Å². The number of aliphatic imine (C=N–C) groups is 1. The van der Waals surface area contributed by atoms with Crippen molar-refractivity contribution < 1.29 is 4.57 Å². The summed E-state index contributed by atoms with van der Waals surface area (Å²) < 4.78 is 2.41. The Morgan fingerprint density at radius 1 is 1.07 bits per heavy atom.